The maximum Gasteiger partial charge on any atom is 0.269 e. The Hall–Kier alpha value is -4.15. The summed E-state index contributed by atoms with van der Waals surface area (Å²) in [5, 5.41) is 23.3. The second kappa shape index (κ2) is 10.7. The van der Waals surface area contributed by atoms with Crippen LogP contribution in [0.3, 0.4) is 0 Å². The highest BCUT2D eigenvalue weighted by Gasteiger charge is 2.34. The van der Waals surface area contributed by atoms with Crippen molar-refractivity contribution in [1.82, 2.24) is 14.8 Å². The number of hydrogen-bond donors (Lipinski definition) is 2. The highest BCUT2D eigenvalue weighted by molar-refractivity contribution is 7.98. The summed E-state index contributed by atoms with van der Waals surface area (Å²) in [5.41, 5.74) is 4.25. The predicted octanol–water partition coefficient (Wildman–Crippen LogP) is 6.37. The van der Waals surface area contributed by atoms with Crippen LogP contribution in [0.1, 0.15) is 29.7 Å². The standard InChI is InChI=1S/C27H23ClN6O3S/c1-16-7-3-6-10-22(16)30-25(35)23-17(2)29-26-31-27(38-15-19-8-4-5-9-21(19)28)32-33(26)24(23)18-11-13-20(14-12-18)34(36)37/h3-14,24H,15H2,1-2H3,(H,30,35)(H,29,31,32). The minimum atomic E-state index is -0.654. The van der Waals surface area contributed by atoms with E-state index in [1.165, 1.54) is 23.9 Å². The molecule has 0 aliphatic carbocycles. The normalized spacial score (nSPS) is 14.6. The lowest BCUT2D eigenvalue weighted by molar-refractivity contribution is -0.384. The number of nitro groups is 1. The molecule has 0 radical (unpaired) electrons. The fourth-order valence-electron chi connectivity index (χ4n) is 4.23. The SMILES string of the molecule is CC1=C(C(=O)Nc2ccccc2C)C(c2ccc([N+](=O)[O-])cc2)n2nc(SCc3ccccc3Cl)nc2N1. The second-order valence-electron chi connectivity index (χ2n) is 8.73. The van der Waals surface area contributed by atoms with Gasteiger partial charge in [0.25, 0.3) is 11.6 Å². The number of para-hydroxylation sites is 1. The first-order valence-corrected chi connectivity index (χ1v) is 13.1. The zero-order valence-electron chi connectivity index (χ0n) is 20.5. The molecule has 9 nitrogen and oxygen atoms in total. The van der Waals surface area contributed by atoms with Crippen LogP contribution < -0.4 is 10.6 Å². The highest BCUT2D eigenvalue weighted by atomic mass is 35.5. The van der Waals surface area contributed by atoms with Crippen molar-refractivity contribution >= 4 is 46.6 Å². The molecule has 0 bridgehead atoms. The average molecular weight is 547 g/mol. The number of benzene rings is 3. The van der Waals surface area contributed by atoms with Gasteiger partial charge in [0.1, 0.15) is 6.04 Å². The van der Waals surface area contributed by atoms with Crippen molar-refractivity contribution in [2.24, 2.45) is 0 Å². The molecule has 192 valence electrons. The number of carbonyl (C=O) groups excluding carboxylic acids is 1. The van der Waals surface area contributed by atoms with Crippen LogP contribution in [-0.2, 0) is 10.5 Å². The zero-order chi connectivity index (χ0) is 26.8. The molecule has 1 aliphatic heterocycles. The summed E-state index contributed by atoms with van der Waals surface area (Å²) in [6.07, 6.45) is 0. The lowest BCUT2D eigenvalue weighted by Crippen LogP contribution is -2.31. The summed E-state index contributed by atoms with van der Waals surface area (Å²) in [7, 11) is 0. The number of allylic oxidation sites excluding steroid dienone is 1. The molecular weight excluding hydrogens is 524 g/mol. The lowest BCUT2D eigenvalue weighted by Gasteiger charge is -2.28. The maximum atomic E-state index is 13.7. The summed E-state index contributed by atoms with van der Waals surface area (Å²) >= 11 is 7.73. The van der Waals surface area contributed by atoms with Gasteiger partial charge in [0.15, 0.2) is 0 Å². The maximum absolute atomic E-state index is 13.7. The van der Waals surface area contributed by atoms with Crippen LogP contribution in [0.4, 0.5) is 17.3 Å². The van der Waals surface area contributed by atoms with E-state index in [1.54, 1.807) is 23.7 Å². The summed E-state index contributed by atoms with van der Waals surface area (Å²) < 4.78 is 1.65. The van der Waals surface area contributed by atoms with Gasteiger partial charge in [0.2, 0.25) is 11.1 Å². The van der Waals surface area contributed by atoms with E-state index in [0.29, 0.717) is 44.4 Å². The molecule has 1 aliphatic rings. The smallest absolute Gasteiger partial charge is 0.269 e. The Balaban J connectivity index is 1.52. The molecule has 1 unspecified atom stereocenters. The second-order valence-corrected chi connectivity index (χ2v) is 10.1. The summed E-state index contributed by atoms with van der Waals surface area (Å²) in [4.78, 5) is 29.1. The van der Waals surface area contributed by atoms with Crippen molar-refractivity contribution in [1.29, 1.82) is 0 Å². The predicted molar refractivity (Wildman–Crippen MR) is 148 cm³/mol. The molecule has 3 aromatic carbocycles. The molecule has 2 heterocycles. The van der Waals surface area contributed by atoms with Crippen LogP contribution in [0.2, 0.25) is 5.02 Å². The van der Waals surface area contributed by atoms with E-state index in [2.05, 4.69) is 15.6 Å². The van der Waals surface area contributed by atoms with Gasteiger partial charge < -0.3 is 10.6 Å². The quantitative estimate of drug-likeness (QED) is 0.157. The molecule has 5 rings (SSSR count). The Morgan fingerprint density at radius 1 is 1.11 bits per heavy atom. The van der Waals surface area contributed by atoms with Crippen molar-refractivity contribution in [3.8, 4) is 0 Å². The molecule has 0 saturated heterocycles. The summed E-state index contributed by atoms with van der Waals surface area (Å²) in [6.45, 7) is 3.72. The van der Waals surface area contributed by atoms with Crippen molar-refractivity contribution in [2.75, 3.05) is 10.6 Å². The Morgan fingerprint density at radius 3 is 2.53 bits per heavy atom. The molecule has 38 heavy (non-hydrogen) atoms. The van der Waals surface area contributed by atoms with Crippen molar-refractivity contribution in [3.63, 3.8) is 0 Å². The summed E-state index contributed by atoms with van der Waals surface area (Å²) in [6, 6.07) is 20.6. The molecule has 1 amide bonds. The van der Waals surface area contributed by atoms with E-state index in [-0.39, 0.29) is 11.6 Å². The third-order valence-electron chi connectivity index (χ3n) is 6.21. The average Bonchev–Trinajstić information content (AvgIpc) is 3.31. The Labute approximate surface area is 228 Å². The molecule has 1 atom stereocenters. The van der Waals surface area contributed by atoms with Gasteiger partial charge in [0.05, 0.1) is 10.5 Å². The van der Waals surface area contributed by atoms with E-state index >= 15 is 0 Å². The van der Waals surface area contributed by atoms with Crippen LogP contribution >= 0.6 is 23.4 Å². The van der Waals surface area contributed by atoms with Gasteiger partial charge in [-0.2, -0.15) is 4.98 Å². The number of aromatic nitrogens is 3. The number of nitrogens with zero attached hydrogens (tertiary/aromatic N) is 4. The number of non-ortho nitro benzene ring substituents is 1. The van der Waals surface area contributed by atoms with Gasteiger partial charge in [-0.25, -0.2) is 4.68 Å². The van der Waals surface area contributed by atoms with Crippen LogP contribution in [-0.4, -0.2) is 25.6 Å². The van der Waals surface area contributed by atoms with Crippen LogP contribution in [0, 0.1) is 17.0 Å². The van der Waals surface area contributed by atoms with Gasteiger partial charge in [-0.05, 0) is 54.8 Å². The molecular formula is C27H23ClN6O3S. The zero-order valence-corrected chi connectivity index (χ0v) is 22.1. The van der Waals surface area contributed by atoms with Gasteiger partial charge in [-0.1, -0.05) is 59.8 Å². The number of carbonyl (C=O) groups is 1. The topological polar surface area (TPSA) is 115 Å². The van der Waals surface area contributed by atoms with E-state index in [0.717, 1.165) is 11.1 Å². The van der Waals surface area contributed by atoms with E-state index in [4.69, 9.17) is 16.7 Å². The molecule has 0 saturated carbocycles. The largest absolute Gasteiger partial charge is 0.328 e. The number of nitrogens with one attached hydrogen (secondary N) is 2. The van der Waals surface area contributed by atoms with E-state index in [1.807, 2.05) is 55.5 Å². The minimum Gasteiger partial charge on any atom is -0.328 e. The van der Waals surface area contributed by atoms with Gasteiger partial charge in [-0.3, -0.25) is 14.9 Å². The van der Waals surface area contributed by atoms with Crippen LogP contribution in [0.5, 0.6) is 0 Å². The number of amides is 1. The van der Waals surface area contributed by atoms with Crippen LogP contribution in [0.25, 0.3) is 0 Å². The number of fused-ring (bicyclic) bond motifs is 1. The number of halogens is 1. The summed E-state index contributed by atoms with van der Waals surface area (Å²) in [5.74, 6) is 0.734. The van der Waals surface area contributed by atoms with Gasteiger partial charge in [0, 0.05) is 34.3 Å². The minimum absolute atomic E-state index is 0.0379. The van der Waals surface area contributed by atoms with E-state index in [9.17, 15) is 14.9 Å². The number of nitro benzene ring substituents is 1. The fraction of sp³-hybridized carbons (Fsp3) is 0.148. The number of anilines is 2. The molecule has 0 spiro atoms. The Bertz CT molecular complexity index is 1570. The monoisotopic (exact) mass is 546 g/mol. The molecule has 0 fully saturated rings. The van der Waals surface area contributed by atoms with Crippen LogP contribution in [0.15, 0.2) is 89.2 Å². The molecule has 1 aromatic heterocycles. The molecule has 2 N–H and O–H groups in total. The molecule has 11 heteroatoms. The van der Waals surface area contributed by atoms with Gasteiger partial charge >= 0.3 is 0 Å². The van der Waals surface area contributed by atoms with E-state index < -0.39 is 11.0 Å². The van der Waals surface area contributed by atoms with Gasteiger partial charge in [-0.15, -0.1) is 5.10 Å². The molecule has 4 aromatic rings. The Kier molecular flexibility index (Phi) is 7.17. The number of rotatable bonds is 7. The highest BCUT2D eigenvalue weighted by Crippen LogP contribution is 2.38. The van der Waals surface area contributed by atoms with Crippen molar-refractivity contribution in [3.05, 3.63) is 116 Å². The number of thioether (sulfide) groups is 1. The van der Waals surface area contributed by atoms with Crippen molar-refractivity contribution in [2.45, 2.75) is 30.8 Å². The first kappa shape index (κ1) is 25.5. The van der Waals surface area contributed by atoms with Crippen molar-refractivity contribution < 1.29 is 9.72 Å². The third kappa shape index (κ3) is 5.13. The first-order chi connectivity index (χ1) is 18.3. The third-order valence-corrected chi connectivity index (χ3v) is 7.46. The number of aryl methyl sites for hydroxylation is 1. The lowest BCUT2D eigenvalue weighted by atomic mass is 9.94. The fourth-order valence-corrected chi connectivity index (χ4v) is 5.35. The Morgan fingerprint density at radius 2 is 1.82 bits per heavy atom. The first-order valence-electron chi connectivity index (χ1n) is 11.7. The number of hydrogen-bond acceptors (Lipinski definition) is 7.